The number of carbonyl (C=O) groups excluding carboxylic acids is 1. The van der Waals surface area contributed by atoms with Gasteiger partial charge in [0.2, 0.25) is 5.91 Å². The summed E-state index contributed by atoms with van der Waals surface area (Å²) < 4.78 is 10.9. The monoisotopic (exact) mass is 301 g/mol. The number of amides is 1. The summed E-state index contributed by atoms with van der Waals surface area (Å²) in [6.45, 7) is 4.04. The van der Waals surface area contributed by atoms with Gasteiger partial charge in [0.25, 0.3) is 0 Å². The van der Waals surface area contributed by atoms with Gasteiger partial charge in [0.15, 0.2) is 0 Å². The summed E-state index contributed by atoms with van der Waals surface area (Å²) in [5.41, 5.74) is 2.69. The quantitative estimate of drug-likeness (QED) is 0.842. The molecule has 1 amide bonds. The fraction of sp³-hybridized carbons (Fsp3) is 0.611. The third kappa shape index (κ3) is 2.60. The van der Waals surface area contributed by atoms with Crippen molar-refractivity contribution in [2.24, 2.45) is 5.92 Å². The SMILES string of the molecule is O=C(C1CCOCC1)N1CC[C@@H](c2ccc3c(c2)CCO3)C1. The zero-order chi connectivity index (χ0) is 14.9. The molecule has 0 bridgehead atoms. The average molecular weight is 301 g/mol. The molecule has 4 heteroatoms. The van der Waals surface area contributed by atoms with Crippen molar-refractivity contribution < 1.29 is 14.3 Å². The Labute approximate surface area is 131 Å². The van der Waals surface area contributed by atoms with Crippen LogP contribution in [-0.4, -0.2) is 43.7 Å². The second-order valence-corrected chi connectivity index (χ2v) is 6.62. The molecule has 3 aliphatic heterocycles. The van der Waals surface area contributed by atoms with Crippen LogP contribution in [0.25, 0.3) is 0 Å². The number of fused-ring (bicyclic) bond motifs is 1. The predicted molar refractivity (Wildman–Crippen MR) is 83.1 cm³/mol. The molecule has 0 radical (unpaired) electrons. The van der Waals surface area contributed by atoms with Crippen LogP contribution in [-0.2, 0) is 16.0 Å². The largest absolute Gasteiger partial charge is 0.493 e. The van der Waals surface area contributed by atoms with Crippen molar-refractivity contribution in [1.82, 2.24) is 4.90 Å². The van der Waals surface area contributed by atoms with Crippen molar-refractivity contribution in [2.75, 3.05) is 32.9 Å². The van der Waals surface area contributed by atoms with Crippen molar-refractivity contribution >= 4 is 5.91 Å². The molecule has 0 aliphatic carbocycles. The Morgan fingerprint density at radius 2 is 2.00 bits per heavy atom. The fourth-order valence-electron chi connectivity index (χ4n) is 3.90. The zero-order valence-corrected chi connectivity index (χ0v) is 12.9. The second-order valence-electron chi connectivity index (χ2n) is 6.62. The van der Waals surface area contributed by atoms with Crippen molar-refractivity contribution in [1.29, 1.82) is 0 Å². The number of ether oxygens (including phenoxy) is 2. The molecule has 22 heavy (non-hydrogen) atoms. The molecule has 3 heterocycles. The highest BCUT2D eigenvalue weighted by molar-refractivity contribution is 5.79. The van der Waals surface area contributed by atoms with Gasteiger partial charge >= 0.3 is 0 Å². The first-order valence-corrected chi connectivity index (χ1v) is 8.43. The Bertz CT molecular complexity index is 565. The highest BCUT2D eigenvalue weighted by Crippen LogP contribution is 2.33. The van der Waals surface area contributed by atoms with Crippen LogP contribution >= 0.6 is 0 Å². The lowest BCUT2D eigenvalue weighted by atomic mass is 9.95. The van der Waals surface area contributed by atoms with Crippen LogP contribution < -0.4 is 4.74 Å². The molecule has 4 nitrogen and oxygen atoms in total. The molecule has 2 saturated heterocycles. The van der Waals surface area contributed by atoms with Crippen LogP contribution in [0.2, 0.25) is 0 Å². The zero-order valence-electron chi connectivity index (χ0n) is 12.9. The van der Waals surface area contributed by atoms with Gasteiger partial charge in [0, 0.05) is 44.6 Å². The van der Waals surface area contributed by atoms with Crippen LogP contribution in [0.1, 0.15) is 36.3 Å². The fourth-order valence-corrected chi connectivity index (χ4v) is 3.90. The Balaban J connectivity index is 1.42. The van der Waals surface area contributed by atoms with Crippen molar-refractivity contribution in [3.63, 3.8) is 0 Å². The van der Waals surface area contributed by atoms with E-state index < -0.39 is 0 Å². The summed E-state index contributed by atoms with van der Waals surface area (Å²) in [4.78, 5) is 14.7. The summed E-state index contributed by atoms with van der Waals surface area (Å²) in [6, 6.07) is 6.56. The van der Waals surface area contributed by atoms with Gasteiger partial charge in [0.05, 0.1) is 6.61 Å². The van der Waals surface area contributed by atoms with Gasteiger partial charge in [-0.15, -0.1) is 0 Å². The maximum atomic E-state index is 12.6. The lowest BCUT2D eigenvalue weighted by Crippen LogP contribution is -2.37. The van der Waals surface area contributed by atoms with Crippen molar-refractivity contribution in [3.8, 4) is 5.75 Å². The maximum absolute atomic E-state index is 12.6. The van der Waals surface area contributed by atoms with Gasteiger partial charge in [-0.25, -0.2) is 0 Å². The Morgan fingerprint density at radius 3 is 2.86 bits per heavy atom. The number of rotatable bonds is 2. The van der Waals surface area contributed by atoms with Crippen LogP contribution in [0.15, 0.2) is 18.2 Å². The van der Waals surface area contributed by atoms with Gasteiger partial charge < -0.3 is 14.4 Å². The molecule has 2 fully saturated rings. The topological polar surface area (TPSA) is 38.8 Å². The molecule has 118 valence electrons. The van der Waals surface area contributed by atoms with Gasteiger partial charge in [-0.1, -0.05) is 12.1 Å². The van der Waals surface area contributed by atoms with Gasteiger partial charge in [-0.3, -0.25) is 4.79 Å². The van der Waals surface area contributed by atoms with Crippen molar-refractivity contribution in [3.05, 3.63) is 29.3 Å². The molecule has 1 atom stereocenters. The number of carbonyl (C=O) groups is 1. The molecule has 0 aromatic heterocycles. The summed E-state index contributed by atoms with van der Waals surface area (Å²) in [7, 11) is 0. The van der Waals surface area contributed by atoms with E-state index in [4.69, 9.17) is 9.47 Å². The van der Waals surface area contributed by atoms with E-state index in [2.05, 4.69) is 23.1 Å². The lowest BCUT2D eigenvalue weighted by Gasteiger charge is -2.26. The van der Waals surface area contributed by atoms with E-state index in [0.29, 0.717) is 11.8 Å². The van der Waals surface area contributed by atoms with E-state index >= 15 is 0 Å². The van der Waals surface area contributed by atoms with Crippen LogP contribution in [0.4, 0.5) is 0 Å². The smallest absolute Gasteiger partial charge is 0.225 e. The van der Waals surface area contributed by atoms with Gasteiger partial charge in [-0.2, -0.15) is 0 Å². The maximum Gasteiger partial charge on any atom is 0.225 e. The number of nitrogens with zero attached hydrogens (tertiary/aromatic N) is 1. The molecule has 0 spiro atoms. The van der Waals surface area contributed by atoms with E-state index in [9.17, 15) is 4.79 Å². The van der Waals surface area contributed by atoms with Crippen LogP contribution in [0.3, 0.4) is 0 Å². The third-order valence-electron chi connectivity index (χ3n) is 5.26. The molecular weight excluding hydrogens is 278 g/mol. The number of hydrogen-bond acceptors (Lipinski definition) is 3. The van der Waals surface area contributed by atoms with E-state index in [-0.39, 0.29) is 5.92 Å². The molecule has 0 unspecified atom stereocenters. The number of hydrogen-bond donors (Lipinski definition) is 0. The normalized spacial score (nSPS) is 25.1. The summed E-state index contributed by atoms with van der Waals surface area (Å²) in [6.07, 6.45) is 3.86. The summed E-state index contributed by atoms with van der Waals surface area (Å²) in [5.74, 6) is 2.04. The predicted octanol–water partition coefficient (Wildman–Crippen LogP) is 2.36. The van der Waals surface area contributed by atoms with E-state index in [1.165, 1.54) is 11.1 Å². The molecule has 0 N–H and O–H groups in total. The minimum absolute atomic E-state index is 0.181. The molecule has 1 aromatic carbocycles. The van der Waals surface area contributed by atoms with Gasteiger partial charge in [-0.05, 0) is 36.5 Å². The van der Waals surface area contributed by atoms with Crippen LogP contribution in [0, 0.1) is 5.92 Å². The van der Waals surface area contributed by atoms with E-state index in [0.717, 1.165) is 64.3 Å². The first kappa shape index (κ1) is 14.1. The number of likely N-dealkylation sites (tertiary alicyclic amines) is 1. The Hall–Kier alpha value is -1.55. The van der Waals surface area contributed by atoms with E-state index in [1.807, 2.05) is 0 Å². The highest BCUT2D eigenvalue weighted by atomic mass is 16.5. The minimum atomic E-state index is 0.181. The average Bonchev–Trinajstić information content (AvgIpc) is 3.23. The molecular formula is C18H23NO3. The van der Waals surface area contributed by atoms with Crippen molar-refractivity contribution in [2.45, 2.75) is 31.6 Å². The van der Waals surface area contributed by atoms with Crippen LogP contribution in [0.5, 0.6) is 5.75 Å². The third-order valence-corrected chi connectivity index (χ3v) is 5.26. The number of benzene rings is 1. The standard InChI is InChI=1S/C18H23NO3/c20-18(13-4-8-21-9-5-13)19-7-3-16(12-19)14-1-2-17-15(11-14)6-10-22-17/h1-2,11,13,16H,3-10,12H2/t16-/m1/s1. The Kier molecular flexibility index (Phi) is 3.78. The molecule has 0 saturated carbocycles. The lowest BCUT2D eigenvalue weighted by molar-refractivity contribution is -0.137. The first-order chi connectivity index (χ1) is 10.8. The molecule has 4 rings (SSSR count). The Morgan fingerprint density at radius 1 is 1.14 bits per heavy atom. The molecule has 3 aliphatic rings. The molecule has 1 aromatic rings. The van der Waals surface area contributed by atoms with Gasteiger partial charge in [0.1, 0.15) is 5.75 Å². The summed E-state index contributed by atoms with van der Waals surface area (Å²) in [5, 5.41) is 0. The second kappa shape index (κ2) is 5.92. The highest BCUT2D eigenvalue weighted by Gasteiger charge is 2.32. The minimum Gasteiger partial charge on any atom is -0.493 e. The summed E-state index contributed by atoms with van der Waals surface area (Å²) >= 11 is 0. The first-order valence-electron chi connectivity index (χ1n) is 8.43. The van der Waals surface area contributed by atoms with E-state index in [1.54, 1.807) is 0 Å².